The molecular weight excluding hydrogens is 226 g/mol. The van der Waals surface area contributed by atoms with E-state index in [1.165, 1.54) is 0 Å². The number of halogens is 1. The monoisotopic (exact) mass is 243 g/mol. The van der Waals surface area contributed by atoms with Crippen molar-refractivity contribution in [2.45, 2.75) is 13.5 Å². The van der Waals surface area contributed by atoms with Gasteiger partial charge in [0, 0.05) is 23.5 Å². The summed E-state index contributed by atoms with van der Waals surface area (Å²) >= 11 is 5.78. The van der Waals surface area contributed by atoms with E-state index in [1.54, 1.807) is 0 Å². The van der Waals surface area contributed by atoms with Gasteiger partial charge in [0.2, 0.25) is 0 Å². The van der Waals surface area contributed by atoms with Crippen LogP contribution in [0.2, 0.25) is 5.02 Å². The predicted octanol–water partition coefficient (Wildman–Crippen LogP) is 1.42. The van der Waals surface area contributed by atoms with Gasteiger partial charge in [0.05, 0.1) is 13.2 Å². The Hall–Kier alpha value is -0.610. The predicted molar refractivity (Wildman–Crippen MR) is 65.4 cm³/mol. The van der Waals surface area contributed by atoms with Crippen LogP contribution in [0.15, 0.2) is 24.3 Å². The molecule has 0 atom stereocenters. The number of hydrogen-bond acceptors (Lipinski definition) is 3. The smallest absolute Gasteiger partial charge is 0.0518 e. The number of rotatable bonds is 6. The van der Waals surface area contributed by atoms with Crippen LogP contribution in [0.4, 0.5) is 0 Å². The molecule has 0 bridgehead atoms. The third-order valence-corrected chi connectivity index (χ3v) is 2.81. The van der Waals surface area contributed by atoms with E-state index in [1.807, 2.05) is 31.2 Å². The normalized spacial score (nSPS) is 11.8. The van der Waals surface area contributed by atoms with Crippen molar-refractivity contribution in [1.29, 1.82) is 0 Å². The largest absolute Gasteiger partial charge is 0.396 e. The average Bonchev–Trinajstić information content (AvgIpc) is 2.31. The SMILES string of the molecule is CC(CO)(CO)CNCc1ccc(Cl)cc1. The molecule has 90 valence electrons. The highest BCUT2D eigenvalue weighted by Crippen LogP contribution is 2.13. The highest BCUT2D eigenvalue weighted by atomic mass is 35.5. The maximum Gasteiger partial charge on any atom is 0.0518 e. The van der Waals surface area contributed by atoms with Gasteiger partial charge in [0.25, 0.3) is 0 Å². The molecule has 0 heterocycles. The summed E-state index contributed by atoms with van der Waals surface area (Å²) < 4.78 is 0. The Labute approximate surface area is 101 Å². The molecular formula is C12H18ClNO2. The molecule has 16 heavy (non-hydrogen) atoms. The van der Waals surface area contributed by atoms with Crippen LogP contribution in [-0.4, -0.2) is 30.0 Å². The minimum absolute atomic E-state index is 0.0306. The third-order valence-electron chi connectivity index (χ3n) is 2.56. The van der Waals surface area contributed by atoms with Crippen molar-refractivity contribution in [3.63, 3.8) is 0 Å². The fourth-order valence-corrected chi connectivity index (χ4v) is 1.40. The van der Waals surface area contributed by atoms with E-state index in [-0.39, 0.29) is 13.2 Å². The molecule has 4 heteroatoms. The quantitative estimate of drug-likeness (QED) is 0.708. The Morgan fingerprint density at radius 2 is 1.75 bits per heavy atom. The van der Waals surface area contributed by atoms with Gasteiger partial charge in [-0.1, -0.05) is 30.7 Å². The topological polar surface area (TPSA) is 52.5 Å². The van der Waals surface area contributed by atoms with E-state index < -0.39 is 5.41 Å². The van der Waals surface area contributed by atoms with E-state index in [9.17, 15) is 0 Å². The zero-order valence-corrected chi connectivity index (χ0v) is 10.2. The van der Waals surface area contributed by atoms with Gasteiger partial charge >= 0.3 is 0 Å². The zero-order valence-electron chi connectivity index (χ0n) is 9.41. The number of hydrogen-bond donors (Lipinski definition) is 3. The van der Waals surface area contributed by atoms with Crippen molar-refractivity contribution in [2.24, 2.45) is 5.41 Å². The Bertz CT molecular complexity index is 309. The number of aliphatic hydroxyl groups is 2. The Balaban J connectivity index is 2.38. The second-order valence-corrected chi connectivity index (χ2v) is 4.79. The Morgan fingerprint density at radius 3 is 2.25 bits per heavy atom. The van der Waals surface area contributed by atoms with Crippen molar-refractivity contribution in [1.82, 2.24) is 5.32 Å². The molecule has 0 aliphatic carbocycles. The summed E-state index contributed by atoms with van der Waals surface area (Å²) in [6.07, 6.45) is 0. The van der Waals surface area contributed by atoms with Crippen molar-refractivity contribution >= 4 is 11.6 Å². The number of nitrogens with one attached hydrogen (secondary N) is 1. The van der Waals surface area contributed by atoms with Gasteiger partial charge < -0.3 is 15.5 Å². The second-order valence-electron chi connectivity index (χ2n) is 4.36. The van der Waals surface area contributed by atoms with Crippen LogP contribution in [0.25, 0.3) is 0 Å². The molecule has 0 saturated carbocycles. The summed E-state index contributed by atoms with van der Waals surface area (Å²) in [5.41, 5.74) is 0.662. The minimum atomic E-state index is -0.466. The first-order chi connectivity index (χ1) is 7.59. The van der Waals surface area contributed by atoms with Crippen molar-refractivity contribution in [3.8, 4) is 0 Å². The lowest BCUT2D eigenvalue weighted by Crippen LogP contribution is -2.37. The first-order valence-electron chi connectivity index (χ1n) is 5.26. The third kappa shape index (κ3) is 4.10. The fourth-order valence-electron chi connectivity index (χ4n) is 1.27. The maximum atomic E-state index is 9.10. The molecule has 0 unspecified atom stereocenters. The van der Waals surface area contributed by atoms with Crippen molar-refractivity contribution in [2.75, 3.05) is 19.8 Å². The van der Waals surface area contributed by atoms with E-state index in [0.29, 0.717) is 13.1 Å². The van der Waals surface area contributed by atoms with Crippen LogP contribution >= 0.6 is 11.6 Å². The van der Waals surface area contributed by atoms with Gasteiger partial charge in [-0.15, -0.1) is 0 Å². The summed E-state index contributed by atoms with van der Waals surface area (Å²) in [5, 5.41) is 22.1. The number of benzene rings is 1. The van der Waals surface area contributed by atoms with Gasteiger partial charge in [0.15, 0.2) is 0 Å². The standard InChI is InChI=1S/C12H18ClNO2/c1-12(8-15,9-16)7-14-6-10-2-4-11(13)5-3-10/h2-5,14-16H,6-9H2,1H3. The lowest BCUT2D eigenvalue weighted by molar-refractivity contribution is 0.0695. The van der Waals surface area contributed by atoms with E-state index in [4.69, 9.17) is 21.8 Å². The molecule has 3 N–H and O–H groups in total. The summed E-state index contributed by atoms with van der Waals surface area (Å²) in [6.45, 7) is 3.05. The lowest BCUT2D eigenvalue weighted by atomic mass is 9.93. The van der Waals surface area contributed by atoms with Crippen molar-refractivity contribution in [3.05, 3.63) is 34.9 Å². The zero-order chi connectivity index (χ0) is 12.0. The van der Waals surface area contributed by atoms with Crippen LogP contribution in [-0.2, 0) is 6.54 Å². The van der Waals surface area contributed by atoms with Crippen molar-refractivity contribution < 1.29 is 10.2 Å². The Kier molecular flexibility index (Phi) is 5.22. The van der Waals surface area contributed by atoms with Gasteiger partial charge in [-0.2, -0.15) is 0 Å². The second kappa shape index (κ2) is 6.21. The van der Waals surface area contributed by atoms with Crippen LogP contribution in [0, 0.1) is 5.41 Å². The van der Waals surface area contributed by atoms with E-state index in [0.717, 1.165) is 10.6 Å². The van der Waals surface area contributed by atoms with E-state index >= 15 is 0 Å². The molecule has 0 radical (unpaired) electrons. The molecule has 1 aromatic rings. The molecule has 0 aliphatic rings. The molecule has 0 spiro atoms. The minimum Gasteiger partial charge on any atom is -0.396 e. The van der Waals surface area contributed by atoms with E-state index in [2.05, 4.69) is 5.32 Å². The highest BCUT2D eigenvalue weighted by molar-refractivity contribution is 6.30. The van der Waals surface area contributed by atoms with Gasteiger partial charge in [-0.3, -0.25) is 0 Å². The first kappa shape index (κ1) is 13.5. The summed E-state index contributed by atoms with van der Waals surface area (Å²) in [5.74, 6) is 0. The first-order valence-corrected chi connectivity index (χ1v) is 5.64. The summed E-state index contributed by atoms with van der Waals surface area (Å²) in [6, 6.07) is 7.58. The van der Waals surface area contributed by atoms with Gasteiger partial charge in [-0.05, 0) is 17.7 Å². The molecule has 0 amide bonds. The fraction of sp³-hybridized carbons (Fsp3) is 0.500. The van der Waals surface area contributed by atoms with Gasteiger partial charge in [-0.25, -0.2) is 0 Å². The molecule has 1 aromatic carbocycles. The lowest BCUT2D eigenvalue weighted by Gasteiger charge is -2.24. The number of aliphatic hydroxyl groups excluding tert-OH is 2. The van der Waals surface area contributed by atoms with Crippen LogP contribution in [0.1, 0.15) is 12.5 Å². The molecule has 1 rings (SSSR count). The maximum absolute atomic E-state index is 9.10. The molecule has 0 saturated heterocycles. The summed E-state index contributed by atoms with van der Waals surface area (Å²) in [4.78, 5) is 0. The molecule has 0 aromatic heterocycles. The molecule has 0 fully saturated rings. The molecule has 0 aliphatic heterocycles. The van der Waals surface area contributed by atoms with Gasteiger partial charge in [0.1, 0.15) is 0 Å². The van der Waals surface area contributed by atoms with Crippen LogP contribution < -0.4 is 5.32 Å². The molecule has 3 nitrogen and oxygen atoms in total. The van der Waals surface area contributed by atoms with Crippen LogP contribution in [0.5, 0.6) is 0 Å². The average molecular weight is 244 g/mol. The summed E-state index contributed by atoms with van der Waals surface area (Å²) in [7, 11) is 0. The van der Waals surface area contributed by atoms with Crippen LogP contribution in [0.3, 0.4) is 0 Å². The Morgan fingerprint density at radius 1 is 1.19 bits per heavy atom. The highest BCUT2D eigenvalue weighted by Gasteiger charge is 2.21.